The molecule has 5 nitrogen and oxygen atoms in total. The molecule has 3 rings (SSSR count). The molecule has 2 heterocycles. The number of fused-ring (bicyclic) bond motifs is 1. The Bertz CT molecular complexity index is 817. The van der Waals surface area contributed by atoms with E-state index in [0.29, 0.717) is 6.54 Å². The highest BCUT2D eigenvalue weighted by atomic mass is 19.1. The molecule has 116 valence electrons. The molecule has 0 aliphatic rings. The number of benzene rings is 1. The van der Waals surface area contributed by atoms with E-state index >= 15 is 0 Å². The summed E-state index contributed by atoms with van der Waals surface area (Å²) < 4.78 is 15.3. The van der Waals surface area contributed by atoms with E-state index in [2.05, 4.69) is 31.3 Å². The molecule has 3 aromatic rings. The van der Waals surface area contributed by atoms with Crippen molar-refractivity contribution in [2.24, 2.45) is 7.05 Å². The highest BCUT2D eigenvalue weighted by Gasteiger charge is 2.12. The second kappa shape index (κ2) is 5.53. The van der Waals surface area contributed by atoms with Gasteiger partial charge in [-0.3, -0.25) is 4.90 Å². The molecule has 6 heteroatoms. The Morgan fingerprint density at radius 3 is 2.68 bits per heavy atom. The van der Waals surface area contributed by atoms with E-state index in [9.17, 15) is 4.39 Å². The monoisotopic (exact) mass is 301 g/mol. The first-order valence-corrected chi connectivity index (χ1v) is 7.25. The molecule has 0 saturated heterocycles. The Morgan fingerprint density at radius 1 is 1.23 bits per heavy atom. The van der Waals surface area contributed by atoms with Crippen LogP contribution in [0, 0.1) is 19.7 Å². The minimum Gasteiger partial charge on any atom is -0.341 e. The summed E-state index contributed by atoms with van der Waals surface area (Å²) in [6, 6.07) is 4.59. The summed E-state index contributed by atoms with van der Waals surface area (Å²) in [4.78, 5) is 14.4. The smallest absolute Gasteiger partial charge is 0.125 e. The number of aryl methyl sites for hydroxylation is 1. The second-order valence-corrected chi connectivity index (χ2v) is 5.78. The van der Waals surface area contributed by atoms with Crippen LogP contribution in [0.15, 0.2) is 18.2 Å². The van der Waals surface area contributed by atoms with Crippen LogP contribution in [0.3, 0.4) is 0 Å². The Balaban J connectivity index is 1.75. The van der Waals surface area contributed by atoms with Crippen molar-refractivity contribution in [1.82, 2.24) is 24.4 Å². The molecular weight excluding hydrogens is 281 g/mol. The predicted molar refractivity (Wildman–Crippen MR) is 83.9 cm³/mol. The maximum atomic E-state index is 13.2. The Hall–Kier alpha value is -2.21. The SMILES string of the molecule is Cc1nc(CN(C)Cc2nc3ccc(F)cc3[nH]2)n(C)c1C. The lowest BCUT2D eigenvalue weighted by Gasteiger charge is -2.14. The predicted octanol–water partition coefficient (Wildman–Crippen LogP) is 2.68. The van der Waals surface area contributed by atoms with Crippen molar-refractivity contribution in [1.29, 1.82) is 0 Å². The fourth-order valence-electron chi connectivity index (χ4n) is 2.59. The van der Waals surface area contributed by atoms with Crippen LogP contribution in [-0.2, 0) is 20.1 Å². The van der Waals surface area contributed by atoms with E-state index in [1.807, 2.05) is 21.0 Å². The molecule has 0 aliphatic carbocycles. The van der Waals surface area contributed by atoms with Crippen LogP contribution in [0.25, 0.3) is 11.0 Å². The van der Waals surface area contributed by atoms with Crippen LogP contribution < -0.4 is 0 Å². The zero-order chi connectivity index (χ0) is 15.9. The molecule has 0 aliphatic heterocycles. The van der Waals surface area contributed by atoms with Crippen LogP contribution in [0.4, 0.5) is 4.39 Å². The number of nitrogens with one attached hydrogen (secondary N) is 1. The standard InChI is InChI=1S/C16H20FN5/c1-10-11(2)22(4)16(18-10)9-21(3)8-15-19-13-6-5-12(17)7-14(13)20-15/h5-7H,8-9H2,1-4H3,(H,19,20). The lowest BCUT2D eigenvalue weighted by molar-refractivity contribution is 0.300. The van der Waals surface area contributed by atoms with Crippen molar-refractivity contribution in [3.8, 4) is 0 Å². The third-order valence-electron chi connectivity index (χ3n) is 4.03. The maximum Gasteiger partial charge on any atom is 0.125 e. The molecule has 0 unspecified atom stereocenters. The number of halogens is 1. The lowest BCUT2D eigenvalue weighted by Crippen LogP contribution is -2.20. The first kappa shape index (κ1) is 14.7. The van der Waals surface area contributed by atoms with Crippen LogP contribution in [0.5, 0.6) is 0 Å². The van der Waals surface area contributed by atoms with Crippen LogP contribution in [0.1, 0.15) is 23.0 Å². The van der Waals surface area contributed by atoms with E-state index in [-0.39, 0.29) is 5.82 Å². The molecule has 1 aromatic carbocycles. The maximum absolute atomic E-state index is 13.2. The first-order chi connectivity index (χ1) is 10.4. The van der Waals surface area contributed by atoms with E-state index in [1.54, 1.807) is 6.07 Å². The van der Waals surface area contributed by atoms with Gasteiger partial charge in [-0.05, 0) is 39.1 Å². The van der Waals surface area contributed by atoms with Crippen molar-refractivity contribution in [3.63, 3.8) is 0 Å². The van der Waals surface area contributed by atoms with Gasteiger partial charge in [-0.2, -0.15) is 0 Å². The Morgan fingerprint density at radius 2 is 2.00 bits per heavy atom. The van der Waals surface area contributed by atoms with Gasteiger partial charge in [-0.25, -0.2) is 14.4 Å². The average molecular weight is 301 g/mol. The lowest BCUT2D eigenvalue weighted by atomic mass is 10.3. The van der Waals surface area contributed by atoms with Crippen molar-refractivity contribution in [2.75, 3.05) is 7.05 Å². The van der Waals surface area contributed by atoms with Gasteiger partial charge in [0.25, 0.3) is 0 Å². The van der Waals surface area contributed by atoms with Crippen molar-refractivity contribution in [3.05, 3.63) is 47.1 Å². The van der Waals surface area contributed by atoms with Crippen molar-refractivity contribution in [2.45, 2.75) is 26.9 Å². The van der Waals surface area contributed by atoms with Crippen molar-refractivity contribution < 1.29 is 4.39 Å². The number of rotatable bonds is 4. The van der Waals surface area contributed by atoms with E-state index in [4.69, 9.17) is 0 Å². The molecule has 0 radical (unpaired) electrons. The molecule has 22 heavy (non-hydrogen) atoms. The van der Waals surface area contributed by atoms with Crippen LogP contribution >= 0.6 is 0 Å². The zero-order valence-electron chi connectivity index (χ0n) is 13.3. The highest BCUT2D eigenvalue weighted by Crippen LogP contribution is 2.15. The zero-order valence-corrected chi connectivity index (χ0v) is 13.3. The van der Waals surface area contributed by atoms with Gasteiger partial charge in [0.05, 0.1) is 29.8 Å². The normalized spacial score (nSPS) is 11.7. The molecule has 1 N–H and O–H groups in total. The van der Waals surface area contributed by atoms with Gasteiger partial charge in [0, 0.05) is 12.7 Å². The number of imidazole rings is 2. The molecule has 0 spiro atoms. The number of hydrogen-bond donors (Lipinski definition) is 1. The second-order valence-electron chi connectivity index (χ2n) is 5.78. The van der Waals surface area contributed by atoms with Gasteiger partial charge in [-0.1, -0.05) is 0 Å². The first-order valence-electron chi connectivity index (χ1n) is 7.25. The summed E-state index contributed by atoms with van der Waals surface area (Å²) in [6.07, 6.45) is 0. The molecule has 0 fully saturated rings. The van der Waals surface area contributed by atoms with Crippen LogP contribution in [-0.4, -0.2) is 31.5 Å². The molecule has 2 aromatic heterocycles. The topological polar surface area (TPSA) is 49.7 Å². The van der Waals surface area contributed by atoms with Gasteiger partial charge in [0.2, 0.25) is 0 Å². The fourth-order valence-corrected chi connectivity index (χ4v) is 2.59. The van der Waals surface area contributed by atoms with Crippen LogP contribution in [0.2, 0.25) is 0 Å². The average Bonchev–Trinajstić information content (AvgIpc) is 2.95. The van der Waals surface area contributed by atoms with E-state index in [1.165, 1.54) is 17.8 Å². The molecular formula is C16H20FN5. The largest absolute Gasteiger partial charge is 0.341 e. The Labute approximate surface area is 128 Å². The summed E-state index contributed by atoms with van der Waals surface area (Å²) in [5.74, 6) is 1.60. The molecule has 0 bridgehead atoms. The number of aromatic nitrogens is 4. The summed E-state index contributed by atoms with van der Waals surface area (Å²) in [5.41, 5.74) is 3.76. The minimum absolute atomic E-state index is 0.255. The van der Waals surface area contributed by atoms with E-state index < -0.39 is 0 Å². The number of nitrogens with zero attached hydrogens (tertiary/aromatic N) is 4. The Kier molecular flexibility index (Phi) is 3.70. The fraction of sp³-hybridized carbons (Fsp3) is 0.375. The third kappa shape index (κ3) is 2.74. The van der Waals surface area contributed by atoms with Gasteiger partial charge < -0.3 is 9.55 Å². The summed E-state index contributed by atoms with van der Waals surface area (Å²) in [5, 5.41) is 0. The van der Waals surface area contributed by atoms with Gasteiger partial charge in [0.1, 0.15) is 17.5 Å². The molecule has 0 amide bonds. The van der Waals surface area contributed by atoms with Gasteiger partial charge in [-0.15, -0.1) is 0 Å². The molecule has 0 atom stereocenters. The quantitative estimate of drug-likeness (QED) is 0.806. The summed E-state index contributed by atoms with van der Waals surface area (Å²) in [6.45, 7) is 5.48. The van der Waals surface area contributed by atoms with Gasteiger partial charge in [0.15, 0.2) is 0 Å². The number of aromatic amines is 1. The summed E-state index contributed by atoms with van der Waals surface area (Å²) in [7, 11) is 4.05. The van der Waals surface area contributed by atoms with Crippen molar-refractivity contribution >= 4 is 11.0 Å². The highest BCUT2D eigenvalue weighted by molar-refractivity contribution is 5.74. The number of hydrogen-bond acceptors (Lipinski definition) is 3. The van der Waals surface area contributed by atoms with Gasteiger partial charge >= 0.3 is 0 Å². The molecule has 0 saturated carbocycles. The van der Waals surface area contributed by atoms with E-state index in [0.717, 1.165) is 34.9 Å². The third-order valence-corrected chi connectivity index (χ3v) is 4.03. The number of H-pyrrole nitrogens is 1. The summed E-state index contributed by atoms with van der Waals surface area (Å²) >= 11 is 0. The minimum atomic E-state index is -0.255.